The lowest BCUT2D eigenvalue weighted by Crippen LogP contribution is -2.34. The number of rotatable bonds is 17. The van der Waals surface area contributed by atoms with Gasteiger partial charge in [-0.15, -0.1) is 0 Å². The van der Waals surface area contributed by atoms with E-state index < -0.39 is 17.3 Å². The molecule has 0 aromatic rings. The lowest BCUT2D eigenvalue weighted by Gasteiger charge is -2.19. The number of carbonyl (C=O) groups excluding carboxylic acids is 4. The monoisotopic (exact) mass is 736 g/mol. The normalized spacial score (nSPS) is 10.7. The molecular weight excluding hydrogens is 684 g/mol. The van der Waals surface area contributed by atoms with Gasteiger partial charge < -0.3 is 31.2 Å². The van der Waals surface area contributed by atoms with Crippen LogP contribution in [0.4, 0.5) is 9.59 Å². The minimum absolute atomic E-state index is 0.0804. The average Bonchev–Trinajstić information content (AvgIpc) is 2.83. The summed E-state index contributed by atoms with van der Waals surface area (Å²) in [6.07, 6.45) is 8.02. The predicted octanol–water partition coefficient (Wildman–Crippen LogP) is 6.54. The summed E-state index contributed by atoms with van der Waals surface area (Å²) in [6.45, 7) is 13.2. The predicted molar refractivity (Wildman–Crippen MR) is 175 cm³/mol. The fourth-order valence-electron chi connectivity index (χ4n) is 2.61. The Kier molecular flexibility index (Phi) is 31.3. The molecule has 0 aromatic heterocycles. The highest BCUT2D eigenvalue weighted by Crippen LogP contribution is 2.07. The second kappa shape index (κ2) is 29.0. The molecule has 0 aliphatic heterocycles. The summed E-state index contributed by atoms with van der Waals surface area (Å²) in [6, 6.07) is 0. The molecule has 13 heteroatoms. The van der Waals surface area contributed by atoms with Crippen LogP contribution < -0.4 is 21.7 Å². The van der Waals surface area contributed by atoms with Gasteiger partial charge in [-0.25, -0.2) is 9.59 Å². The number of carbonyl (C=O) groups is 4. The third-order valence-electron chi connectivity index (χ3n) is 4.44. The molecule has 0 rings (SSSR count). The van der Waals surface area contributed by atoms with Crippen LogP contribution in [0.5, 0.6) is 0 Å². The van der Waals surface area contributed by atoms with Gasteiger partial charge in [-0.1, -0.05) is 44.7 Å². The van der Waals surface area contributed by atoms with Crippen LogP contribution in [-0.4, -0.2) is 71.4 Å². The van der Waals surface area contributed by atoms with Crippen molar-refractivity contribution in [1.29, 1.82) is 0 Å². The summed E-state index contributed by atoms with van der Waals surface area (Å²) < 4.78 is 10.1. The van der Waals surface area contributed by atoms with E-state index in [9.17, 15) is 19.2 Å². The standard InChI is InChI=1S/C14H27BrN2O3.C8H18N2O2.C6H10BrClO/c1-14(2,3)20-13(19)17-11-7-10-16-12(18)8-5-4-6-9-15;1-8(2,3)12-7(11)10-6-4-5-9;7-5-3-1-2-4-6(8)9/h4-11H2,1-3H3,(H,16,18)(H,17,19);4-6,9H2,1-3H3,(H,10,11);1-5H2. The smallest absolute Gasteiger partial charge is 0.407 e. The van der Waals surface area contributed by atoms with Crippen molar-refractivity contribution in [2.24, 2.45) is 5.73 Å². The second-order valence-electron chi connectivity index (χ2n) is 11.1. The number of halogens is 3. The molecule has 0 atom stereocenters. The van der Waals surface area contributed by atoms with E-state index in [-0.39, 0.29) is 17.2 Å². The number of unbranched alkanes of at least 4 members (excludes halogenated alkanes) is 4. The van der Waals surface area contributed by atoms with Crippen LogP contribution in [0.25, 0.3) is 0 Å². The van der Waals surface area contributed by atoms with Crippen molar-refractivity contribution >= 4 is 66.8 Å². The van der Waals surface area contributed by atoms with Gasteiger partial charge in [0.25, 0.3) is 0 Å². The van der Waals surface area contributed by atoms with Gasteiger partial charge in [0.1, 0.15) is 11.2 Å². The first kappa shape index (κ1) is 44.3. The van der Waals surface area contributed by atoms with E-state index in [1.54, 1.807) is 0 Å². The molecule has 0 radical (unpaired) electrons. The molecular formula is C28H55Br2ClN4O6. The molecule has 41 heavy (non-hydrogen) atoms. The Morgan fingerprint density at radius 2 is 1.05 bits per heavy atom. The number of ether oxygens (including phenoxy) is 2. The Morgan fingerprint density at radius 3 is 1.44 bits per heavy atom. The van der Waals surface area contributed by atoms with Crippen molar-refractivity contribution in [3.05, 3.63) is 0 Å². The number of nitrogens with one attached hydrogen (secondary N) is 3. The van der Waals surface area contributed by atoms with Crippen molar-refractivity contribution in [3.63, 3.8) is 0 Å². The second-order valence-corrected chi connectivity index (χ2v) is 13.1. The molecule has 0 unspecified atom stereocenters. The molecule has 0 saturated heterocycles. The number of hydrogen-bond acceptors (Lipinski definition) is 7. The molecule has 0 heterocycles. The summed E-state index contributed by atoms with van der Waals surface area (Å²) in [5.74, 6) is 0.0804. The molecule has 5 N–H and O–H groups in total. The fourth-order valence-corrected chi connectivity index (χ4v) is 3.53. The van der Waals surface area contributed by atoms with Crippen molar-refractivity contribution in [1.82, 2.24) is 16.0 Å². The average molecular weight is 739 g/mol. The highest BCUT2D eigenvalue weighted by Gasteiger charge is 2.16. The van der Waals surface area contributed by atoms with Gasteiger partial charge >= 0.3 is 12.2 Å². The molecule has 10 nitrogen and oxygen atoms in total. The summed E-state index contributed by atoms with van der Waals surface area (Å²) >= 11 is 11.8. The van der Waals surface area contributed by atoms with Gasteiger partial charge in [0.15, 0.2) is 0 Å². The van der Waals surface area contributed by atoms with Crippen LogP contribution in [0, 0.1) is 0 Å². The zero-order valence-corrected chi connectivity index (χ0v) is 29.9. The molecule has 0 aliphatic rings. The first-order chi connectivity index (χ1) is 19.1. The number of alkyl carbamates (subject to hydrolysis) is 2. The maximum absolute atomic E-state index is 11.5. The summed E-state index contributed by atoms with van der Waals surface area (Å²) in [7, 11) is 0. The zero-order valence-electron chi connectivity index (χ0n) is 26.0. The summed E-state index contributed by atoms with van der Waals surface area (Å²) in [5, 5.41) is 9.88. The molecule has 0 saturated carbocycles. The minimum atomic E-state index is -0.479. The third-order valence-corrected chi connectivity index (χ3v) is 5.75. The van der Waals surface area contributed by atoms with Gasteiger partial charge in [0, 0.05) is 43.1 Å². The minimum Gasteiger partial charge on any atom is -0.444 e. The maximum atomic E-state index is 11.5. The van der Waals surface area contributed by atoms with E-state index in [0.29, 0.717) is 45.4 Å². The van der Waals surface area contributed by atoms with Gasteiger partial charge in [0.05, 0.1) is 0 Å². The van der Waals surface area contributed by atoms with E-state index in [2.05, 4.69) is 47.8 Å². The molecule has 0 bridgehead atoms. The lowest BCUT2D eigenvalue weighted by molar-refractivity contribution is -0.121. The number of amides is 3. The lowest BCUT2D eigenvalue weighted by atomic mass is 10.2. The Labute approximate surface area is 270 Å². The van der Waals surface area contributed by atoms with Gasteiger partial charge in [0.2, 0.25) is 11.1 Å². The van der Waals surface area contributed by atoms with Gasteiger partial charge in [-0.3, -0.25) is 9.59 Å². The van der Waals surface area contributed by atoms with E-state index in [1.807, 2.05) is 41.5 Å². The molecule has 0 aromatic carbocycles. The number of hydrogen-bond donors (Lipinski definition) is 4. The van der Waals surface area contributed by atoms with E-state index >= 15 is 0 Å². The molecule has 0 aliphatic carbocycles. The zero-order chi connectivity index (χ0) is 32.2. The topological polar surface area (TPSA) is 149 Å². The van der Waals surface area contributed by atoms with Crippen molar-refractivity contribution in [3.8, 4) is 0 Å². The Bertz CT molecular complexity index is 689. The van der Waals surface area contributed by atoms with E-state index in [4.69, 9.17) is 26.8 Å². The fraction of sp³-hybridized carbons (Fsp3) is 0.857. The van der Waals surface area contributed by atoms with Crippen molar-refractivity contribution in [2.45, 2.75) is 117 Å². The Morgan fingerprint density at radius 1 is 0.634 bits per heavy atom. The van der Waals surface area contributed by atoms with Crippen LogP contribution >= 0.6 is 43.5 Å². The third kappa shape index (κ3) is 46.1. The Balaban J connectivity index is -0.000000583. The van der Waals surface area contributed by atoms with Crippen LogP contribution in [-0.2, 0) is 19.1 Å². The molecule has 244 valence electrons. The summed E-state index contributed by atoms with van der Waals surface area (Å²) in [4.78, 5) is 43.9. The highest BCUT2D eigenvalue weighted by molar-refractivity contribution is 9.09. The maximum Gasteiger partial charge on any atom is 0.407 e. The van der Waals surface area contributed by atoms with E-state index in [0.717, 1.165) is 55.6 Å². The molecule has 3 amide bonds. The van der Waals surface area contributed by atoms with Crippen LogP contribution in [0.1, 0.15) is 106 Å². The van der Waals surface area contributed by atoms with Crippen LogP contribution in [0.3, 0.4) is 0 Å². The summed E-state index contributed by atoms with van der Waals surface area (Å²) in [5.41, 5.74) is 4.35. The molecule has 0 spiro atoms. The van der Waals surface area contributed by atoms with Gasteiger partial charge in [-0.05, 0) is 98.2 Å². The number of nitrogens with two attached hydrogens (primary N) is 1. The SMILES string of the molecule is CC(C)(C)OC(=O)NCCCN.CC(C)(C)OC(=O)NCCCNC(=O)CCCCCBr.O=C(Cl)CCCCCBr. The van der Waals surface area contributed by atoms with Gasteiger partial charge in [-0.2, -0.15) is 0 Å². The Hall–Kier alpha value is -1.11. The first-order valence-electron chi connectivity index (χ1n) is 14.3. The van der Waals surface area contributed by atoms with Crippen LogP contribution in [0.15, 0.2) is 0 Å². The van der Waals surface area contributed by atoms with E-state index in [1.165, 1.54) is 0 Å². The number of alkyl halides is 2. The highest BCUT2D eigenvalue weighted by atomic mass is 79.9. The quantitative estimate of drug-likeness (QED) is 0.0753. The van der Waals surface area contributed by atoms with Crippen molar-refractivity contribution in [2.75, 3.05) is 36.8 Å². The van der Waals surface area contributed by atoms with Crippen molar-refractivity contribution < 1.29 is 28.7 Å². The molecule has 0 fully saturated rings. The first-order valence-corrected chi connectivity index (χ1v) is 16.9. The largest absolute Gasteiger partial charge is 0.444 e. The van der Waals surface area contributed by atoms with Crippen LogP contribution in [0.2, 0.25) is 0 Å².